The van der Waals surface area contributed by atoms with E-state index in [0.717, 1.165) is 5.56 Å². The zero-order valence-electron chi connectivity index (χ0n) is 7.80. The Morgan fingerprint density at radius 1 is 1.64 bits per heavy atom. The fourth-order valence-electron chi connectivity index (χ4n) is 1.02. The minimum atomic E-state index is -0.196. The van der Waals surface area contributed by atoms with Crippen LogP contribution in [0.4, 0.5) is 5.69 Å². The molecule has 0 heterocycles. The first-order valence-electron chi connectivity index (χ1n) is 4.13. The number of halogens is 1. The van der Waals surface area contributed by atoms with Crippen LogP contribution in [-0.2, 0) is 4.79 Å². The standard InChI is InChI=1S/C11H10ClNO/c1-3-4-11(14)13-10-7-9(12)6-5-8(10)2/h1,5-7H,4H2,2H3,(H,13,14). The van der Waals surface area contributed by atoms with Gasteiger partial charge in [0.25, 0.3) is 0 Å². The zero-order chi connectivity index (χ0) is 10.6. The number of hydrogen-bond acceptors (Lipinski definition) is 1. The van der Waals surface area contributed by atoms with Crippen LogP contribution in [0.15, 0.2) is 18.2 Å². The number of carbonyl (C=O) groups excluding carboxylic acids is 1. The lowest BCUT2D eigenvalue weighted by Gasteiger charge is -2.06. The van der Waals surface area contributed by atoms with E-state index in [2.05, 4.69) is 11.2 Å². The van der Waals surface area contributed by atoms with Crippen LogP contribution < -0.4 is 5.32 Å². The van der Waals surface area contributed by atoms with Crippen molar-refractivity contribution in [3.63, 3.8) is 0 Å². The van der Waals surface area contributed by atoms with Gasteiger partial charge >= 0.3 is 0 Å². The maximum atomic E-state index is 11.2. The van der Waals surface area contributed by atoms with E-state index in [-0.39, 0.29) is 12.3 Å². The summed E-state index contributed by atoms with van der Waals surface area (Å²) in [7, 11) is 0. The number of aryl methyl sites for hydroxylation is 1. The molecule has 1 aromatic carbocycles. The van der Waals surface area contributed by atoms with Gasteiger partial charge in [0.2, 0.25) is 5.91 Å². The van der Waals surface area contributed by atoms with E-state index in [4.69, 9.17) is 18.0 Å². The van der Waals surface area contributed by atoms with E-state index in [1.165, 1.54) is 0 Å². The maximum Gasteiger partial charge on any atom is 0.236 e. The van der Waals surface area contributed by atoms with Gasteiger partial charge < -0.3 is 5.32 Å². The molecule has 1 N–H and O–H groups in total. The second-order valence-electron chi connectivity index (χ2n) is 2.89. The molecule has 0 aliphatic rings. The Morgan fingerprint density at radius 2 is 2.36 bits per heavy atom. The Labute approximate surface area is 88.3 Å². The van der Waals surface area contributed by atoms with E-state index in [9.17, 15) is 4.79 Å². The predicted molar refractivity (Wildman–Crippen MR) is 58.3 cm³/mol. The number of nitrogens with one attached hydrogen (secondary N) is 1. The summed E-state index contributed by atoms with van der Waals surface area (Å²) in [4.78, 5) is 11.2. The lowest BCUT2D eigenvalue weighted by atomic mass is 10.2. The highest BCUT2D eigenvalue weighted by Gasteiger charge is 2.03. The Hall–Kier alpha value is -1.46. The number of terminal acetylenes is 1. The van der Waals surface area contributed by atoms with E-state index in [1.807, 2.05) is 13.0 Å². The molecule has 14 heavy (non-hydrogen) atoms. The molecule has 0 saturated carbocycles. The van der Waals surface area contributed by atoms with Crippen molar-refractivity contribution >= 4 is 23.2 Å². The van der Waals surface area contributed by atoms with Crippen molar-refractivity contribution in [3.8, 4) is 12.3 Å². The highest BCUT2D eigenvalue weighted by atomic mass is 35.5. The fourth-order valence-corrected chi connectivity index (χ4v) is 1.19. The normalized spacial score (nSPS) is 9.21. The van der Waals surface area contributed by atoms with Crippen LogP contribution in [-0.4, -0.2) is 5.91 Å². The molecular formula is C11H10ClNO. The van der Waals surface area contributed by atoms with Crippen LogP contribution in [0.5, 0.6) is 0 Å². The number of carbonyl (C=O) groups is 1. The van der Waals surface area contributed by atoms with Crippen molar-refractivity contribution in [3.05, 3.63) is 28.8 Å². The van der Waals surface area contributed by atoms with Crippen molar-refractivity contribution in [2.45, 2.75) is 13.3 Å². The molecule has 0 unspecified atom stereocenters. The van der Waals surface area contributed by atoms with Crippen molar-refractivity contribution in [1.29, 1.82) is 0 Å². The predicted octanol–water partition coefficient (Wildman–Crippen LogP) is 2.61. The highest BCUT2D eigenvalue weighted by molar-refractivity contribution is 6.31. The largest absolute Gasteiger partial charge is 0.325 e. The van der Waals surface area contributed by atoms with Crippen LogP contribution in [0, 0.1) is 19.3 Å². The van der Waals surface area contributed by atoms with E-state index < -0.39 is 0 Å². The van der Waals surface area contributed by atoms with Gasteiger partial charge in [-0.3, -0.25) is 4.79 Å². The summed E-state index contributed by atoms with van der Waals surface area (Å²) in [5, 5.41) is 3.28. The molecule has 0 fully saturated rings. The van der Waals surface area contributed by atoms with Gasteiger partial charge in [0.15, 0.2) is 0 Å². The number of rotatable bonds is 2. The molecule has 0 saturated heterocycles. The van der Waals surface area contributed by atoms with Gasteiger partial charge in [-0.2, -0.15) is 0 Å². The summed E-state index contributed by atoms with van der Waals surface area (Å²) in [6, 6.07) is 5.31. The minimum Gasteiger partial charge on any atom is -0.325 e. The maximum absolute atomic E-state index is 11.2. The van der Waals surface area contributed by atoms with Crippen molar-refractivity contribution in [1.82, 2.24) is 0 Å². The fraction of sp³-hybridized carbons (Fsp3) is 0.182. The molecule has 1 aromatic rings. The van der Waals surface area contributed by atoms with Crippen LogP contribution >= 0.6 is 11.6 Å². The lowest BCUT2D eigenvalue weighted by molar-refractivity contribution is -0.115. The Morgan fingerprint density at radius 3 is 3.00 bits per heavy atom. The molecule has 0 aromatic heterocycles. The summed E-state index contributed by atoms with van der Waals surface area (Å²) in [5.74, 6) is 2.08. The molecule has 72 valence electrons. The molecule has 1 rings (SSSR count). The summed E-state index contributed by atoms with van der Waals surface area (Å²) in [6.45, 7) is 1.89. The molecule has 2 nitrogen and oxygen atoms in total. The molecule has 0 atom stereocenters. The monoisotopic (exact) mass is 207 g/mol. The van der Waals surface area contributed by atoms with Crippen molar-refractivity contribution in [2.24, 2.45) is 0 Å². The summed E-state index contributed by atoms with van der Waals surface area (Å²) in [6.07, 6.45) is 5.09. The van der Waals surface area contributed by atoms with Gasteiger partial charge in [0.1, 0.15) is 0 Å². The zero-order valence-corrected chi connectivity index (χ0v) is 8.56. The summed E-state index contributed by atoms with van der Waals surface area (Å²) in [5.41, 5.74) is 1.66. The molecule has 0 radical (unpaired) electrons. The number of hydrogen-bond donors (Lipinski definition) is 1. The minimum absolute atomic E-state index is 0.0754. The Kier molecular flexibility index (Phi) is 3.55. The number of amides is 1. The number of anilines is 1. The molecular weight excluding hydrogens is 198 g/mol. The quantitative estimate of drug-likeness (QED) is 0.743. The SMILES string of the molecule is C#CCC(=O)Nc1cc(Cl)ccc1C. The first-order valence-corrected chi connectivity index (χ1v) is 4.50. The van der Waals surface area contributed by atoms with Gasteiger partial charge in [0.05, 0.1) is 6.42 Å². The van der Waals surface area contributed by atoms with Crippen LogP contribution in [0.3, 0.4) is 0 Å². The Balaban J connectivity index is 2.81. The highest BCUT2D eigenvalue weighted by Crippen LogP contribution is 2.20. The average Bonchev–Trinajstić information content (AvgIpc) is 2.12. The average molecular weight is 208 g/mol. The molecule has 0 spiro atoms. The summed E-state index contributed by atoms with van der Waals surface area (Å²) < 4.78 is 0. The second kappa shape index (κ2) is 4.69. The van der Waals surface area contributed by atoms with E-state index >= 15 is 0 Å². The van der Waals surface area contributed by atoms with Crippen LogP contribution in [0.1, 0.15) is 12.0 Å². The van der Waals surface area contributed by atoms with Crippen molar-refractivity contribution in [2.75, 3.05) is 5.32 Å². The van der Waals surface area contributed by atoms with Crippen LogP contribution in [0.2, 0.25) is 5.02 Å². The molecule has 1 amide bonds. The first-order chi connectivity index (χ1) is 6.63. The first kappa shape index (κ1) is 10.6. The van der Waals surface area contributed by atoms with Gasteiger partial charge in [-0.25, -0.2) is 0 Å². The molecule has 3 heteroatoms. The molecule has 0 aliphatic carbocycles. The molecule has 0 bridgehead atoms. The second-order valence-corrected chi connectivity index (χ2v) is 3.32. The van der Waals surface area contributed by atoms with Gasteiger partial charge in [-0.1, -0.05) is 23.6 Å². The van der Waals surface area contributed by atoms with E-state index in [1.54, 1.807) is 12.1 Å². The summed E-state index contributed by atoms with van der Waals surface area (Å²) >= 11 is 5.79. The van der Waals surface area contributed by atoms with Gasteiger partial charge in [-0.15, -0.1) is 6.42 Å². The topological polar surface area (TPSA) is 29.1 Å². The third-order valence-electron chi connectivity index (χ3n) is 1.74. The smallest absolute Gasteiger partial charge is 0.236 e. The van der Waals surface area contributed by atoms with Crippen molar-refractivity contribution < 1.29 is 4.79 Å². The lowest BCUT2D eigenvalue weighted by Crippen LogP contribution is -2.10. The van der Waals surface area contributed by atoms with E-state index in [0.29, 0.717) is 10.7 Å². The van der Waals surface area contributed by atoms with Gasteiger partial charge in [-0.05, 0) is 24.6 Å². The number of benzene rings is 1. The van der Waals surface area contributed by atoms with Crippen LogP contribution in [0.25, 0.3) is 0 Å². The third-order valence-corrected chi connectivity index (χ3v) is 1.97. The van der Waals surface area contributed by atoms with Gasteiger partial charge in [0, 0.05) is 10.7 Å². The molecule has 0 aliphatic heterocycles. The third kappa shape index (κ3) is 2.79. The Bertz CT molecular complexity index is 393.